The van der Waals surface area contributed by atoms with Crippen molar-refractivity contribution in [3.05, 3.63) is 35.9 Å². The van der Waals surface area contributed by atoms with Crippen LogP contribution < -0.4 is 10.1 Å². The van der Waals surface area contributed by atoms with Crippen molar-refractivity contribution in [3.63, 3.8) is 0 Å². The van der Waals surface area contributed by atoms with E-state index < -0.39 is 5.92 Å². The second-order valence-corrected chi connectivity index (χ2v) is 6.76. The smallest absolute Gasteiger partial charge is 0.230 e. The van der Waals surface area contributed by atoms with Crippen LogP contribution in [0.3, 0.4) is 0 Å². The third kappa shape index (κ3) is 3.50. The lowest BCUT2D eigenvalue weighted by Gasteiger charge is -2.37. The maximum absolute atomic E-state index is 13.1. The molecule has 9 nitrogen and oxygen atoms in total. The molecule has 4 rings (SSSR count). The Hall–Kier alpha value is -2.94. The second kappa shape index (κ2) is 7.36. The van der Waals surface area contributed by atoms with Crippen LogP contribution in [0.4, 0.5) is 5.69 Å². The number of nitrogens with zero attached hydrogens (tertiary/aromatic N) is 4. The van der Waals surface area contributed by atoms with Crippen molar-refractivity contribution in [2.45, 2.75) is 18.9 Å². The van der Waals surface area contributed by atoms with E-state index in [1.54, 1.807) is 13.2 Å². The standard InChI is InChI=1S/C18H22N6O3/c1-27-14-4-2-3-12-13(9-16(25)21-17(12)14)18(26)24-7-5-23(6-8-24)10-15-19-11-20-22-15/h2-4,11,13H,5-10H2,1H3,(H,21,25)(H,19,20,22)/t13-/m0/s1. The number of nitrogens with one attached hydrogen (secondary N) is 2. The zero-order valence-electron chi connectivity index (χ0n) is 15.1. The molecule has 0 saturated carbocycles. The van der Waals surface area contributed by atoms with Gasteiger partial charge in [0.05, 0.1) is 25.3 Å². The highest BCUT2D eigenvalue weighted by atomic mass is 16.5. The average Bonchev–Trinajstić information content (AvgIpc) is 3.20. The summed E-state index contributed by atoms with van der Waals surface area (Å²) in [5, 5.41) is 9.56. The highest BCUT2D eigenvalue weighted by molar-refractivity contribution is 6.02. The number of carbonyl (C=O) groups excluding carboxylic acids is 2. The molecule has 2 aliphatic rings. The van der Waals surface area contributed by atoms with Crippen molar-refractivity contribution in [3.8, 4) is 5.75 Å². The molecule has 1 aromatic heterocycles. The first kappa shape index (κ1) is 17.5. The summed E-state index contributed by atoms with van der Waals surface area (Å²) in [7, 11) is 1.56. The number of anilines is 1. The van der Waals surface area contributed by atoms with Crippen LogP contribution in [0.2, 0.25) is 0 Å². The summed E-state index contributed by atoms with van der Waals surface area (Å²) in [6.07, 6.45) is 1.66. The van der Waals surface area contributed by atoms with Crippen molar-refractivity contribution >= 4 is 17.5 Å². The van der Waals surface area contributed by atoms with Crippen LogP contribution in [0.15, 0.2) is 24.5 Å². The van der Waals surface area contributed by atoms with Crippen LogP contribution >= 0.6 is 0 Å². The Morgan fingerprint density at radius 1 is 1.30 bits per heavy atom. The van der Waals surface area contributed by atoms with Crippen molar-refractivity contribution in [1.29, 1.82) is 0 Å². The number of para-hydroxylation sites is 1. The number of piperazine rings is 1. The molecule has 9 heteroatoms. The molecule has 1 saturated heterocycles. The summed E-state index contributed by atoms with van der Waals surface area (Å²) in [6, 6.07) is 5.53. The molecule has 0 spiro atoms. The number of ether oxygens (including phenoxy) is 1. The molecule has 0 unspecified atom stereocenters. The van der Waals surface area contributed by atoms with Crippen molar-refractivity contribution in [1.82, 2.24) is 25.0 Å². The van der Waals surface area contributed by atoms with Gasteiger partial charge in [-0.1, -0.05) is 12.1 Å². The quantitative estimate of drug-likeness (QED) is 0.816. The van der Waals surface area contributed by atoms with E-state index in [9.17, 15) is 9.59 Å². The predicted octanol–water partition coefficient (Wildman–Crippen LogP) is 0.583. The number of fused-ring (bicyclic) bond motifs is 1. The molecule has 0 bridgehead atoms. The van der Waals surface area contributed by atoms with Crippen LogP contribution in [-0.2, 0) is 16.1 Å². The molecule has 2 aromatic rings. The lowest BCUT2D eigenvalue weighted by Crippen LogP contribution is -2.50. The number of rotatable bonds is 4. The topological polar surface area (TPSA) is 103 Å². The van der Waals surface area contributed by atoms with Crippen molar-refractivity contribution < 1.29 is 14.3 Å². The van der Waals surface area contributed by atoms with E-state index in [1.807, 2.05) is 17.0 Å². The van der Waals surface area contributed by atoms with Gasteiger partial charge in [-0.15, -0.1) is 0 Å². The molecule has 1 atom stereocenters. The van der Waals surface area contributed by atoms with E-state index in [-0.39, 0.29) is 18.2 Å². The SMILES string of the molecule is COc1cccc2c1NC(=O)C[C@@H]2C(=O)N1CCN(Cc2ncn[nH]2)CC1. The third-order valence-corrected chi connectivity index (χ3v) is 5.13. The number of H-pyrrole nitrogens is 1. The fourth-order valence-corrected chi connectivity index (χ4v) is 3.71. The number of hydrogen-bond acceptors (Lipinski definition) is 6. The number of aromatic amines is 1. The molecule has 2 aliphatic heterocycles. The molecule has 0 aliphatic carbocycles. The molecule has 3 heterocycles. The highest BCUT2D eigenvalue weighted by Gasteiger charge is 2.35. The third-order valence-electron chi connectivity index (χ3n) is 5.13. The van der Waals surface area contributed by atoms with E-state index in [2.05, 4.69) is 25.4 Å². The molecule has 27 heavy (non-hydrogen) atoms. The van der Waals surface area contributed by atoms with E-state index in [4.69, 9.17) is 4.74 Å². The maximum Gasteiger partial charge on any atom is 0.230 e. The minimum absolute atomic E-state index is 0.00123. The van der Waals surface area contributed by atoms with Crippen LogP contribution in [-0.4, -0.2) is 70.1 Å². The van der Waals surface area contributed by atoms with Crippen LogP contribution in [0, 0.1) is 0 Å². The molecule has 142 valence electrons. The molecule has 1 fully saturated rings. The number of aromatic nitrogens is 3. The van der Waals surface area contributed by atoms with E-state index >= 15 is 0 Å². The van der Waals surface area contributed by atoms with Gasteiger partial charge in [0.15, 0.2) is 0 Å². The van der Waals surface area contributed by atoms with Gasteiger partial charge in [-0.3, -0.25) is 19.6 Å². The Morgan fingerprint density at radius 2 is 2.11 bits per heavy atom. The van der Waals surface area contributed by atoms with Crippen LogP contribution in [0.25, 0.3) is 0 Å². The van der Waals surface area contributed by atoms with E-state index in [1.165, 1.54) is 6.33 Å². The largest absolute Gasteiger partial charge is 0.495 e. The lowest BCUT2D eigenvalue weighted by molar-refractivity contribution is -0.136. The first-order valence-electron chi connectivity index (χ1n) is 8.98. The lowest BCUT2D eigenvalue weighted by atomic mass is 9.88. The molecule has 2 amide bonds. The van der Waals surface area contributed by atoms with Gasteiger partial charge in [0.25, 0.3) is 0 Å². The zero-order valence-corrected chi connectivity index (χ0v) is 15.1. The van der Waals surface area contributed by atoms with Gasteiger partial charge in [-0.05, 0) is 11.6 Å². The van der Waals surface area contributed by atoms with Crippen molar-refractivity contribution in [2.24, 2.45) is 0 Å². The summed E-state index contributed by atoms with van der Waals surface area (Å²) in [6.45, 7) is 3.47. The van der Waals surface area contributed by atoms with Gasteiger partial charge in [-0.25, -0.2) is 4.98 Å². The molecular weight excluding hydrogens is 348 g/mol. The average molecular weight is 370 g/mol. The first-order valence-corrected chi connectivity index (χ1v) is 8.98. The Bertz CT molecular complexity index is 830. The predicted molar refractivity (Wildman–Crippen MR) is 97.2 cm³/mol. The molecule has 1 aromatic carbocycles. The number of methoxy groups -OCH3 is 1. The number of carbonyl (C=O) groups is 2. The van der Waals surface area contributed by atoms with Gasteiger partial charge in [-0.2, -0.15) is 5.10 Å². The monoisotopic (exact) mass is 370 g/mol. The van der Waals surface area contributed by atoms with Gasteiger partial charge in [0.1, 0.15) is 17.9 Å². The first-order chi connectivity index (χ1) is 13.2. The molecular formula is C18H22N6O3. The molecule has 2 N–H and O–H groups in total. The minimum atomic E-state index is -0.468. The molecule has 0 radical (unpaired) electrons. The van der Waals surface area contributed by atoms with Gasteiger partial charge in [0.2, 0.25) is 11.8 Å². The van der Waals surface area contributed by atoms with Gasteiger partial charge >= 0.3 is 0 Å². The number of hydrogen-bond donors (Lipinski definition) is 2. The second-order valence-electron chi connectivity index (χ2n) is 6.76. The fraction of sp³-hybridized carbons (Fsp3) is 0.444. The van der Waals surface area contributed by atoms with Crippen molar-refractivity contribution in [2.75, 3.05) is 38.6 Å². The summed E-state index contributed by atoms with van der Waals surface area (Å²) >= 11 is 0. The van der Waals surface area contributed by atoms with Gasteiger partial charge in [0, 0.05) is 32.6 Å². The minimum Gasteiger partial charge on any atom is -0.495 e. The number of benzene rings is 1. The Morgan fingerprint density at radius 3 is 2.81 bits per heavy atom. The zero-order chi connectivity index (χ0) is 18.8. The Labute approximate surface area is 156 Å². The maximum atomic E-state index is 13.1. The van der Waals surface area contributed by atoms with E-state index in [0.29, 0.717) is 31.1 Å². The Balaban J connectivity index is 1.45. The van der Waals surface area contributed by atoms with Gasteiger partial charge < -0.3 is 15.0 Å². The Kier molecular flexibility index (Phi) is 4.76. The highest BCUT2D eigenvalue weighted by Crippen LogP contribution is 2.39. The summed E-state index contributed by atoms with van der Waals surface area (Å²) in [5.41, 5.74) is 1.43. The van der Waals surface area contributed by atoms with Crippen LogP contribution in [0.5, 0.6) is 5.75 Å². The number of amides is 2. The summed E-state index contributed by atoms with van der Waals surface area (Å²) in [4.78, 5) is 33.5. The summed E-state index contributed by atoms with van der Waals surface area (Å²) in [5.74, 6) is 0.771. The summed E-state index contributed by atoms with van der Waals surface area (Å²) < 4.78 is 5.34. The van der Waals surface area contributed by atoms with Crippen LogP contribution in [0.1, 0.15) is 23.7 Å². The normalized spacial score (nSPS) is 20.1. The van der Waals surface area contributed by atoms with E-state index in [0.717, 1.165) is 24.5 Å². The fourth-order valence-electron chi connectivity index (χ4n) is 3.71.